The van der Waals surface area contributed by atoms with Crippen molar-refractivity contribution in [1.29, 1.82) is 10.5 Å². The van der Waals surface area contributed by atoms with Gasteiger partial charge in [0, 0.05) is 10.0 Å². The van der Waals surface area contributed by atoms with Gasteiger partial charge < -0.3 is 0 Å². The fourth-order valence-electron chi connectivity index (χ4n) is 1.19. The highest BCUT2D eigenvalue weighted by Crippen LogP contribution is 2.17. The van der Waals surface area contributed by atoms with E-state index in [2.05, 4.69) is 15.9 Å². The van der Waals surface area contributed by atoms with Crippen LogP contribution in [0.4, 0.5) is 0 Å². The van der Waals surface area contributed by atoms with Crippen LogP contribution in [-0.2, 0) is 0 Å². The van der Waals surface area contributed by atoms with Gasteiger partial charge in [0.05, 0.1) is 12.1 Å². The molecule has 0 spiro atoms. The summed E-state index contributed by atoms with van der Waals surface area (Å²) in [5.74, 6) is -1.68. The molecular weight excluding hydrogens is 256 g/mol. The van der Waals surface area contributed by atoms with E-state index in [0.717, 1.165) is 10.0 Å². The van der Waals surface area contributed by atoms with Gasteiger partial charge in [-0.15, -0.1) is 0 Å². The Morgan fingerprint density at radius 2 is 1.93 bits per heavy atom. The first-order chi connectivity index (χ1) is 7.08. The average molecular weight is 263 g/mol. The van der Waals surface area contributed by atoms with E-state index >= 15 is 0 Å². The number of aryl methyl sites for hydroxylation is 1. The maximum Gasteiger partial charge on any atom is 0.195 e. The third kappa shape index (κ3) is 2.65. The summed E-state index contributed by atoms with van der Waals surface area (Å²) in [5.41, 5.74) is 1.29. The van der Waals surface area contributed by atoms with E-state index < -0.39 is 11.7 Å². The highest BCUT2D eigenvalue weighted by atomic mass is 79.9. The van der Waals surface area contributed by atoms with Crippen LogP contribution in [0, 0.1) is 35.5 Å². The predicted molar refractivity (Wildman–Crippen MR) is 57.9 cm³/mol. The zero-order valence-corrected chi connectivity index (χ0v) is 9.58. The third-order valence-electron chi connectivity index (χ3n) is 1.85. The SMILES string of the molecule is Cc1cc(Br)cc(C(=O)C(C#N)C#N)c1. The fraction of sp³-hybridized carbons (Fsp3) is 0.182. The highest BCUT2D eigenvalue weighted by molar-refractivity contribution is 9.10. The molecule has 0 aliphatic rings. The molecule has 0 radical (unpaired) electrons. The maximum absolute atomic E-state index is 11.6. The quantitative estimate of drug-likeness (QED) is 0.770. The lowest BCUT2D eigenvalue weighted by molar-refractivity contribution is 0.0970. The third-order valence-corrected chi connectivity index (χ3v) is 2.30. The first-order valence-corrected chi connectivity index (χ1v) is 4.98. The van der Waals surface area contributed by atoms with Crippen LogP contribution in [0.2, 0.25) is 0 Å². The number of Topliss-reactive ketones (excluding diaryl/α,β-unsaturated/α-hetero) is 1. The molecule has 0 aromatic heterocycles. The molecule has 0 atom stereocenters. The molecule has 0 amide bonds. The molecule has 74 valence electrons. The van der Waals surface area contributed by atoms with Gasteiger partial charge in [-0.05, 0) is 30.7 Å². The largest absolute Gasteiger partial charge is 0.291 e. The molecule has 0 aliphatic heterocycles. The van der Waals surface area contributed by atoms with Crippen molar-refractivity contribution in [3.05, 3.63) is 33.8 Å². The van der Waals surface area contributed by atoms with Gasteiger partial charge in [0.1, 0.15) is 0 Å². The fourth-order valence-corrected chi connectivity index (χ4v) is 1.80. The van der Waals surface area contributed by atoms with Gasteiger partial charge in [-0.3, -0.25) is 4.79 Å². The van der Waals surface area contributed by atoms with E-state index in [-0.39, 0.29) is 0 Å². The standard InChI is InChI=1S/C11H7BrN2O/c1-7-2-8(4-10(12)3-7)11(15)9(5-13)6-14/h2-4,9H,1H3. The number of halogens is 1. The van der Waals surface area contributed by atoms with Gasteiger partial charge in [-0.25, -0.2) is 0 Å². The van der Waals surface area contributed by atoms with E-state index in [4.69, 9.17) is 10.5 Å². The lowest BCUT2D eigenvalue weighted by atomic mass is 9.99. The number of ketones is 1. The van der Waals surface area contributed by atoms with Gasteiger partial charge in [0.2, 0.25) is 0 Å². The number of benzene rings is 1. The summed E-state index contributed by atoms with van der Waals surface area (Å²) < 4.78 is 0.764. The summed E-state index contributed by atoms with van der Waals surface area (Å²) in [4.78, 5) is 11.6. The normalized spacial score (nSPS) is 9.40. The maximum atomic E-state index is 11.6. The minimum Gasteiger partial charge on any atom is -0.291 e. The number of carbonyl (C=O) groups is 1. The lowest BCUT2D eigenvalue weighted by Gasteiger charge is -2.02. The van der Waals surface area contributed by atoms with E-state index in [1.54, 1.807) is 24.3 Å². The van der Waals surface area contributed by atoms with Crippen molar-refractivity contribution in [1.82, 2.24) is 0 Å². The van der Waals surface area contributed by atoms with Crippen LogP contribution < -0.4 is 0 Å². The molecule has 1 aromatic rings. The van der Waals surface area contributed by atoms with Crippen LogP contribution in [-0.4, -0.2) is 5.78 Å². The number of carbonyl (C=O) groups excluding carboxylic acids is 1. The van der Waals surface area contributed by atoms with Crippen LogP contribution in [0.15, 0.2) is 22.7 Å². The summed E-state index contributed by atoms with van der Waals surface area (Å²) in [5, 5.41) is 17.2. The van der Waals surface area contributed by atoms with Crippen molar-refractivity contribution < 1.29 is 4.79 Å². The van der Waals surface area contributed by atoms with Crippen molar-refractivity contribution >= 4 is 21.7 Å². The first-order valence-electron chi connectivity index (χ1n) is 4.19. The summed E-state index contributed by atoms with van der Waals surface area (Å²) in [6.45, 7) is 1.84. The Kier molecular flexibility index (Phi) is 3.60. The van der Waals surface area contributed by atoms with E-state index in [9.17, 15) is 4.79 Å². The Hall–Kier alpha value is -1.65. The van der Waals surface area contributed by atoms with E-state index in [1.165, 1.54) is 0 Å². The summed E-state index contributed by atoms with van der Waals surface area (Å²) in [6, 6.07) is 8.45. The number of rotatable bonds is 2. The van der Waals surface area contributed by atoms with Crippen LogP contribution in [0.1, 0.15) is 15.9 Å². The van der Waals surface area contributed by atoms with Crippen LogP contribution in [0.3, 0.4) is 0 Å². The van der Waals surface area contributed by atoms with Crippen LogP contribution in [0.25, 0.3) is 0 Å². The van der Waals surface area contributed by atoms with Crippen LogP contribution >= 0.6 is 15.9 Å². The summed E-state index contributed by atoms with van der Waals surface area (Å²) in [6.07, 6.45) is 0. The molecule has 0 saturated heterocycles. The molecule has 0 saturated carbocycles. The second kappa shape index (κ2) is 4.72. The van der Waals surface area contributed by atoms with Crippen molar-refractivity contribution in [2.45, 2.75) is 6.92 Å². The van der Waals surface area contributed by atoms with Crippen LogP contribution in [0.5, 0.6) is 0 Å². The smallest absolute Gasteiger partial charge is 0.195 e. The van der Waals surface area contributed by atoms with Gasteiger partial charge in [0.25, 0.3) is 0 Å². The summed E-state index contributed by atoms with van der Waals surface area (Å²) in [7, 11) is 0. The molecule has 4 heteroatoms. The highest BCUT2D eigenvalue weighted by Gasteiger charge is 2.19. The zero-order valence-electron chi connectivity index (χ0n) is 7.99. The van der Waals surface area contributed by atoms with Gasteiger partial charge in [0.15, 0.2) is 11.7 Å². The lowest BCUT2D eigenvalue weighted by Crippen LogP contribution is -2.10. The predicted octanol–water partition coefficient (Wildman–Crippen LogP) is 2.60. The molecule has 0 aliphatic carbocycles. The molecule has 0 bridgehead atoms. The van der Waals surface area contributed by atoms with Gasteiger partial charge in [-0.1, -0.05) is 15.9 Å². The molecule has 0 unspecified atom stereocenters. The van der Waals surface area contributed by atoms with E-state index in [1.807, 2.05) is 13.0 Å². The molecule has 15 heavy (non-hydrogen) atoms. The monoisotopic (exact) mass is 262 g/mol. The van der Waals surface area contributed by atoms with E-state index in [0.29, 0.717) is 5.56 Å². The second-order valence-electron chi connectivity index (χ2n) is 3.07. The minimum absolute atomic E-state index is 0.384. The Labute approximate surface area is 96.1 Å². The molecule has 0 heterocycles. The molecular formula is C11H7BrN2O. The molecule has 1 aromatic carbocycles. The second-order valence-corrected chi connectivity index (χ2v) is 3.99. The molecule has 0 N–H and O–H groups in total. The van der Waals surface area contributed by atoms with Crippen molar-refractivity contribution in [2.24, 2.45) is 5.92 Å². The van der Waals surface area contributed by atoms with Crippen molar-refractivity contribution in [3.63, 3.8) is 0 Å². The Bertz CT molecular complexity index is 448. The number of nitrogens with zero attached hydrogens (tertiary/aromatic N) is 2. The minimum atomic E-state index is -1.22. The number of hydrogen-bond acceptors (Lipinski definition) is 3. The first kappa shape index (κ1) is 11.4. The molecule has 1 rings (SSSR count). The number of hydrogen-bond donors (Lipinski definition) is 0. The zero-order chi connectivity index (χ0) is 11.4. The van der Waals surface area contributed by atoms with Crippen molar-refractivity contribution in [2.75, 3.05) is 0 Å². The average Bonchev–Trinajstić information content (AvgIpc) is 2.18. The topological polar surface area (TPSA) is 64.7 Å². The summed E-state index contributed by atoms with van der Waals surface area (Å²) >= 11 is 3.26. The number of nitriles is 2. The van der Waals surface area contributed by atoms with Gasteiger partial charge in [-0.2, -0.15) is 10.5 Å². The van der Waals surface area contributed by atoms with Crippen molar-refractivity contribution in [3.8, 4) is 12.1 Å². The Morgan fingerprint density at radius 3 is 2.40 bits per heavy atom. The molecule has 0 fully saturated rings. The van der Waals surface area contributed by atoms with Gasteiger partial charge >= 0.3 is 0 Å². The Morgan fingerprint density at radius 1 is 1.33 bits per heavy atom. The Balaban J connectivity index is 3.14. The molecule has 3 nitrogen and oxygen atoms in total.